The highest BCUT2D eigenvalue weighted by Crippen LogP contribution is 2.53. The Bertz CT molecular complexity index is 3540. The molecule has 0 fully saturated rings. The van der Waals surface area contributed by atoms with Gasteiger partial charge in [-0.2, -0.15) is 0 Å². The second-order valence-corrected chi connectivity index (χ2v) is 18.3. The quantitative estimate of drug-likeness (QED) is 0.138. The monoisotopic (exact) mass is 875 g/mol. The molecule has 0 aliphatic carbocycles. The molecule has 0 saturated carbocycles. The van der Waals surface area contributed by atoms with Crippen LogP contribution in [0.4, 0.5) is 17.1 Å². The predicted octanol–water partition coefficient (Wildman–Crippen LogP) is 15.0. The van der Waals surface area contributed by atoms with E-state index in [9.17, 15) is 0 Å². The van der Waals surface area contributed by atoms with E-state index in [4.69, 9.17) is 0 Å². The summed E-state index contributed by atoms with van der Waals surface area (Å²) in [5.74, 6) is 0. The molecule has 0 unspecified atom stereocenters. The summed E-state index contributed by atoms with van der Waals surface area (Å²) in [6, 6.07) is 104. The minimum absolute atomic E-state index is 0.113. The van der Waals surface area contributed by atoms with E-state index in [0.717, 1.165) is 5.69 Å². The zero-order chi connectivity index (χ0) is 45.7. The smallest absolute Gasteiger partial charge is 0.247 e. The van der Waals surface area contributed by atoms with Gasteiger partial charge in [0.15, 0.2) is 0 Å². The summed E-state index contributed by atoms with van der Waals surface area (Å²) in [7, 11) is 0. The Morgan fingerprint density at radius 2 is 0.696 bits per heavy atom. The van der Waals surface area contributed by atoms with E-state index in [1.807, 2.05) is 0 Å². The molecule has 11 aromatic carbocycles. The van der Waals surface area contributed by atoms with Crippen molar-refractivity contribution in [2.75, 3.05) is 4.90 Å². The number of hydrogen-bond acceptors (Lipinski definition) is 1. The lowest BCUT2D eigenvalue weighted by Gasteiger charge is -2.49. The van der Waals surface area contributed by atoms with Crippen molar-refractivity contribution in [1.82, 2.24) is 0 Å². The molecular weight excluding hydrogens is 830 g/mol. The molecule has 0 saturated heterocycles. The Kier molecular flexibility index (Phi) is 9.91. The average Bonchev–Trinajstić information content (AvgIpc) is 3.44. The molecule has 11 aromatic rings. The van der Waals surface area contributed by atoms with Gasteiger partial charge in [0.2, 0.25) is 6.71 Å². The van der Waals surface area contributed by atoms with E-state index in [-0.39, 0.29) is 6.71 Å². The summed E-state index contributed by atoms with van der Waals surface area (Å²) in [6.45, 7) is -0.113. The first-order valence-electron chi connectivity index (χ1n) is 24.0. The number of benzene rings is 11. The maximum absolute atomic E-state index is 2.64. The maximum atomic E-state index is 2.64. The number of hydrogen-bond donors (Lipinski definition) is 0. The second kappa shape index (κ2) is 16.9. The Balaban J connectivity index is 1.24. The van der Waals surface area contributed by atoms with Crippen LogP contribution in [0, 0.1) is 0 Å². The van der Waals surface area contributed by atoms with E-state index < -0.39 is 5.41 Å². The Hall–Kier alpha value is -8.72. The fourth-order valence-corrected chi connectivity index (χ4v) is 11.6. The highest BCUT2D eigenvalue weighted by Gasteiger charge is 2.52. The van der Waals surface area contributed by atoms with Crippen LogP contribution in [0.25, 0.3) is 55.6 Å². The van der Waals surface area contributed by atoms with Gasteiger partial charge in [0.05, 0.1) is 11.1 Å². The van der Waals surface area contributed by atoms with Crippen molar-refractivity contribution in [3.8, 4) is 55.6 Å². The van der Waals surface area contributed by atoms with Crippen molar-refractivity contribution >= 4 is 40.2 Å². The fraction of sp³-hybridized carbons (Fsp3) is 0.0149. The molecule has 1 nitrogen and oxygen atoms in total. The molecule has 0 aromatic heterocycles. The van der Waals surface area contributed by atoms with Crippen molar-refractivity contribution in [1.29, 1.82) is 0 Å². The predicted molar refractivity (Wildman–Crippen MR) is 291 cm³/mol. The minimum atomic E-state index is -0.695. The standard InChI is InChI=1S/C67H46BN/c1-8-23-47(24-9-1)52-39-41-59-61(44-52)68-62-45-53(48-25-10-2-11-26-48)40-42-63(62)69(66-57(50-29-14-4-15-30-50)37-22-38-58(66)51-31-16-5-17-32-51)64-46-54(49-27-12-3-13-28-49)43-60(65(64)68)67(59,55-33-18-6-19-34-55)56-35-20-7-21-36-56/h1-46H. The van der Waals surface area contributed by atoms with Gasteiger partial charge in [0.25, 0.3) is 0 Å². The lowest BCUT2D eigenvalue weighted by Crippen LogP contribution is -2.65. The molecular formula is C67H46BN. The van der Waals surface area contributed by atoms with Gasteiger partial charge in [-0.3, -0.25) is 0 Å². The van der Waals surface area contributed by atoms with Gasteiger partial charge >= 0.3 is 0 Å². The minimum Gasteiger partial charge on any atom is -0.310 e. The maximum Gasteiger partial charge on any atom is 0.247 e. The van der Waals surface area contributed by atoms with E-state index in [1.165, 1.54) is 106 Å². The van der Waals surface area contributed by atoms with Gasteiger partial charge in [0, 0.05) is 22.5 Å². The molecule has 2 heteroatoms. The molecule has 13 rings (SSSR count). The molecule has 0 N–H and O–H groups in total. The van der Waals surface area contributed by atoms with Crippen LogP contribution in [-0.4, -0.2) is 6.71 Å². The lowest BCUT2D eigenvalue weighted by molar-refractivity contribution is 0.751. The summed E-state index contributed by atoms with van der Waals surface area (Å²) in [6.07, 6.45) is 0. The highest BCUT2D eigenvalue weighted by atomic mass is 15.2. The van der Waals surface area contributed by atoms with Crippen LogP contribution in [0.15, 0.2) is 279 Å². The van der Waals surface area contributed by atoms with E-state index in [0.29, 0.717) is 0 Å². The molecule has 2 heterocycles. The number of fused-ring (bicyclic) bond motifs is 4. The molecule has 0 bridgehead atoms. The van der Waals surface area contributed by atoms with Crippen LogP contribution in [0.1, 0.15) is 22.3 Å². The first-order chi connectivity index (χ1) is 34.3. The van der Waals surface area contributed by atoms with Crippen LogP contribution < -0.4 is 21.3 Å². The third-order valence-electron chi connectivity index (χ3n) is 14.6. The largest absolute Gasteiger partial charge is 0.310 e. The number of rotatable bonds is 8. The van der Waals surface area contributed by atoms with Crippen molar-refractivity contribution in [3.05, 3.63) is 301 Å². The van der Waals surface area contributed by atoms with Crippen LogP contribution in [0.3, 0.4) is 0 Å². The summed E-state index contributed by atoms with van der Waals surface area (Å²) in [5.41, 5.74) is 23.6. The molecule has 2 aliphatic rings. The Morgan fingerprint density at radius 3 is 1.19 bits per heavy atom. The molecule has 0 spiro atoms. The third kappa shape index (κ3) is 6.63. The lowest BCUT2D eigenvalue weighted by atomic mass is 9.29. The van der Waals surface area contributed by atoms with Gasteiger partial charge in [-0.1, -0.05) is 266 Å². The number of nitrogens with zero attached hydrogens (tertiary/aromatic N) is 1. The first-order valence-corrected chi connectivity index (χ1v) is 24.0. The van der Waals surface area contributed by atoms with Crippen molar-refractivity contribution < 1.29 is 0 Å². The van der Waals surface area contributed by atoms with E-state index >= 15 is 0 Å². The molecule has 2 aliphatic heterocycles. The Labute approximate surface area is 405 Å². The molecule has 69 heavy (non-hydrogen) atoms. The average molecular weight is 876 g/mol. The zero-order valence-electron chi connectivity index (χ0n) is 38.1. The van der Waals surface area contributed by atoms with Crippen LogP contribution >= 0.6 is 0 Å². The SMILES string of the molecule is c1ccc(-c2ccc3c(c2)B2c4cc(-c5ccccc5)ccc4C(c4ccccc4)(c4ccccc4)c4cc(-c5ccccc5)cc(c42)N3c2c(-c3ccccc3)cccc2-c2ccccc2)cc1. The molecule has 322 valence electrons. The van der Waals surface area contributed by atoms with Crippen molar-refractivity contribution in [3.63, 3.8) is 0 Å². The van der Waals surface area contributed by atoms with Gasteiger partial charge < -0.3 is 4.90 Å². The third-order valence-corrected chi connectivity index (χ3v) is 14.6. The van der Waals surface area contributed by atoms with Crippen LogP contribution in [0.2, 0.25) is 0 Å². The summed E-state index contributed by atoms with van der Waals surface area (Å²) >= 11 is 0. The topological polar surface area (TPSA) is 3.24 Å². The number of anilines is 3. The zero-order valence-corrected chi connectivity index (χ0v) is 38.1. The highest BCUT2D eigenvalue weighted by molar-refractivity contribution is 6.99. The van der Waals surface area contributed by atoms with E-state index in [2.05, 4.69) is 284 Å². The Morgan fingerprint density at radius 1 is 0.275 bits per heavy atom. The number of para-hydroxylation sites is 1. The second-order valence-electron chi connectivity index (χ2n) is 18.3. The summed E-state index contributed by atoms with van der Waals surface area (Å²) in [5, 5.41) is 0. The van der Waals surface area contributed by atoms with Crippen molar-refractivity contribution in [2.45, 2.75) is 5.41 Å². The molecule has 0 amide bonds. The summed E-state index contributed by atoms with van der Waals surface area (Å²) in [4.78, 5) is 2.64. The first kappa shape index (κ1) is 40.6. The molecule has 0 radical (unpaired) electrons. The van der Waals surface area contributed by atoms with Gasteiger partial charge in [-0.15, -0.1) is 0 Å². The normalized spacial score (nSPS) is 13.0. The molecule has 0 atom stereocenters. The van der Waals surface area contributed by atoms with Crippen molar-refractivity contribution in [2.24, 2.45) is 0 Å². The van der Waals surface area contributed by atoms with Gasteiger partial charge in [-0.25, -0.2) is 0 Å². The van der Waals surface area contributed by atoms with Crippen LogP contribution in [-0.2, 0) is 5.41 Å². The summed E-state index contributed by atoms with van der Waals surface area (Å²) < 4.78 is 0. The van der Waals surface area contributed by atoms with Gasteiger partial charge in [0.1, 0.15) is 0 Å². The van der Waals surface area contributed by atoms with Crippen LogP contribution in [0.5, 0.6) is 0 Å². The fourth-order valence-electron chi connectivity index (χ4n) is 11.6. The van der Waals surface area contributed by atoms with E-state index in [1.54, 1.807) is 0 Å². The van der Waals surface area contributed by atoms with Gasteiger partial charge in [-0.05, 0) is 95.9 Å².